The fourth-order valence-corrected chi connectivity index (χ4v) is 5.16. The minimum atomic E-state index is -3.84. The molecule has 1 aliphatic rings. The quantitative estimate of drug-likeness (QED) is 0.692. The van der Waals surface area contributed by atoms with E-state index in [1.807, 2.05) is 0 Å². The predicted molar refractivity (Wildman–Crippen MR) is 99.5 cm³/mol. The molecule has 0 aliphatic carbocycles. The summed E-state index contributed by atoms with van der Waals surface area (Å²) in [5.74, 6) is 0.173. The lowest BCUT2D eigenvalue weighted by Gasteiger charge is -2.30. The lowest BCUT2D eigenvalue weighted by Crippen LogP contribution is -2.38. The molecule has 1 aliphatic heterocycles. The standard InChI is InChI=1S/C19H18FN3O3S/c1-13-19(14(2)23(21-13)16-9-7-15(20)8-10-16)27(24,25)22-11-12-26-18-6-4-3-5-17(18)22/h3-10H,11-12H2,1-2H3. The molecule has 0 N–H and O–H groups in total. The summed E-state index contributed by atoms with van der Waals surface area (Å²) in [6.45, 7) is 3.86. The fraction of sp³-hybridized carbons (Fsp3) is 0.211. The van der Waals surface area contributed by atoms with Crippen molar-refractivity contribution in [3.8, 4) is 11.4 Å². The Kier molecular flexibility index (Phi) is 4.15. The SMILES string of the molecule is Cc1nn(-c2ccc(F)cc2)c(C)c1S(=O)(=O)N1CCOc2ccccc21. The Morgan fingerprint density at radius 2 is 1.78 bits per heavy atom. The second-order valence-electron chi connectivity index (χ2n) is 6.28. The number of anilines is 1. The van der Waals surface area contributed by atoms with Gasteiger partial charge in [-0.05, 0) is 50.2 Å². The maximum absolute atomic E-state index is 13.4. The summed E-state index contributed by atoms with van der Waals surface area (Å²) < 4.78 is 48.6. The van der Waals surface area contributed by atoms with E-state index in [-0.39, 0.29) is 23.9 Å². The fourth-order valence-electron chi connectivity index (χ4n) is 3.34. The molecule has 27 heavy (non-hydrogen) atoms. The van der Waals surface area contributed by atoms with Crippen molar-refractivity contribution in [2.75, 3.05) is 17.5 Å². The summed E-state index contributed by atoms with van der Waals surface area (Å²) in [4.78, 5) is 0.156. The van der Waals surface area contributed by atoms with Crippen LogP contribution in [0.4, 0.5) is 10.1 Å². The summed E-state index contributed by atoms with van der Waals surface area (Å²) in [5.41, 5.74) is 1.97. The van der Waals surface area contributed by atoms with Gasteiger partial charge in [0.05, 0.1) is 29.3 Å². The smallest absolute Gasteiger partial charge is 0.268 e. The highest BCUT2D eigenvalue weighted by molar-refractivity contribution is 7.93. The highest BCUT2D eigenvalue weighted by Crippen LogP contribution is 2.36. The molecule has 0 amide bonds. The largest absolute Gasteiger partial charge is 0.489 e. The van der Waals surface area contributed by atoms with Gasteiger partial charge in [-0.25, -0.2) is 17.5 Å². The number of aryl methyl sites for hydroxylation is 1. The molecule has 4 rings (SSSR count). The molecule has 0 spiro atoms. The third kappa shape index (κ3) is 2.86. The molecule has 140 valence electrons. The Morgan fingerprint density at radius 1 is 1.07 bits per heavy atom. The Balaban J connectivity index is 1.83. The van der Waals surface area contributed by atoms with Gasteiger partial charge in [0.1, 0.15) is 23.1 Å². The van der Waals surface area contributed by atoms with Crippen molar-refractivity contribution in [2.24, 2.45) is 0 Å². The number of aromatic nitrogens is 2. The molecule has 2 aromatic carbocycles. The summed E-state index contributed by atoms with van der Waals surface area (Å²) in [5, 5.41) is 4.38. The molecule has 1 aromatic heterocycles. The van der Waals surface area contributed by atoms with E-state index in [9.17, 15) is 12.8 Å². The van der Waals surface area contributed by atoms with E-state index in [2.05, 4.69) is 5.10 Å². The molecule has 6 nitrogen and oxygen atoms in total. The van der Waals surface area contributed by atoms with Gasteiger partial charge in [-0.2, -0.15) is 5.10 Å². The summed E-state index contributed by atoms with van der Waals surface area (Å²) in [6, 6.07) is 12.8. The highest BCUT2D eigenvalue weighted by atomic mass is 32.2. The lowest BCUT2D eigenvalue weighted by atomic mass is 10.2. The average Bonchev–Trinajstić information content (AvgIpc) is 2.96. The van der Waals surface area contributed by atoms with Gasteiger partial charge in [-0.15, -0.1) is 0 Å². The summed E-state index contributed by atoms with van der Waals surface area (Å²) >= 11 is 0. The van der Waals surface area contributed by atoms with Crippen LogP contribution in [-0.2, 0) is 10.0 Å². The minimum Gasteiger partial charge on any atom is -0.489 e. The maximum atomic E-state index is 13.4. The highest BCUT2D eigenvalue weighted by Gasteiger charge is 2.34. The van der Waals surface area contributed by atoms with Crippen LogP contribution in [0.3, 0.4) is 0 Å². The molecule has 0 fully saturated rings. The Bertz CT molecular complexity index is 1110. The number of rotatable bonds is 3. The molecule has 2 heterocycles. The number of sulfonamides is 1. The first-order chi connectivity index (χ1) is 12.9. The third-order valence-corrected chi connectivity index (χ3v) is 6.60. The van der Waals surface area contributed by atoms with Crippen molar-refractivity contribution in [1.29, 1.82) is 0 Å². The number of hydrogen-bond donors (Lipinski definition) is 0. The van der Waals surface area contributed by atoms with Crippen LogP contribution < -0.4 is 9.04 Å². The van der Waals surface area contributed by atoms with Crippen LogP contribution >= 0.6 is 0 Å². The Hall–Kier alpha value is -2.87. The van der Waals surface area contributed by atoms with Gasteiger partial charge in [0.15, 0.2) is 0 Å². The van der Waals surface area contributed by atoms with E-state index in [0.717, 1.165) is 0 Å². The molecule has 0 unspecified atom stereocenters. The van der Waals surface area contributed by atoms with Crippen LogP contribution in [0.2, 0.25) is 0 Å². The van der Waals surface area contributed by atoms with E-state index in [1.54, 1.807) is 50.2 Å². The lowest BCUT2D eigenvalue weighted by molar-refractivity contribution is 0.316. The van der Waals surface area contributed by atoms with Crippen LogP contribution in [-0.4, -0.2) is 31.3 Å². The number of hydrogen-bond acceptors (Lipinski definition) is 4. The van der Waals surface area contributed by atoms with Crippen LogP contribution in [0.15, 0.2) is 53.4 Å². The third-order valence-electron chi connectivity index (χ3n) is 4.53. The van der Waals surface area contributed by atoms with Gasteiger partial charge in [0.2, 0.25) is 0 Å². The summed E-state index contributed by atoms with van der Waals surface area (Å²) in [7, 11) is -3.84. The topological polar surface area (TPSA) is 64.4 Å². The van der Waals surface area contributed by atoms with Crippen molar-refractivity contribution in [3.63, 3.8) is 0 Å². The molecular weight excluding hydrogens is 369 g/mol. The number of fused-ring (bicyclic) bond motifs is 1. The van der Waals surface area contributed by atoms with Crippen molar-refractivity contribution >= 4 is 15.7 Å². The van der Waals surface area contributed by atoms with Gasteiger partial charge in [0.25, 0.3) is 10.0 Å². The molecule has 0 atom stereocenters. The molecule has 0 radical (unpaired) electrons. The molecule has 0 saturated heterocycles. The van der Waals surface area contributed by atoms with Gasteiger partial charge in [-0.1, -0.05) is 12.1 Å². The van der Waals surface area contributed by atoms with E-state index in [4.69, 9.17) is 4.74 Å². The predicted octanol–water partition coefficient (Wildman–Crippen LogP) is 3.22. The van der Waals surface area contributed by atoms with Gasteiger partial charge < -0.3 is 4.74 Å². The zero-order valence-electron chi connectivity index (χ0n) is 14.9. The van der Waals surface area contributed by atoms with Crippen LogP contribution in [0.25, 0.3) is 5.69 Å². The number of ether oxygens (including phenoxy) is 1. The zero-order chi connectivity index (χ0) is 19.2. The Labute approximate surface area is 156 Å². The van der Waals surface area contributed by atoms with Crippen molar-refractivity contribution < 1.29 is 17.5 Å². The average molecular weight is 387 g/mol. The van der Waals surface area contributed by atoms with Crippen LogP contribution in [0.1, 0.15) is 11.4 Å². The number of nitrogens with zero attached hydrogens (tertiary/aromatic N) is 3. The summed E-state index contributed by atoms with van der Waals surface area (Å²) in [6.07, 6.45) is 0. The zero-order valence-corrected chi connectivity index (χ0v) is 15.7. The van der Waals surface area contributed by atoms with Crippen LogP contribution in [0.5, 0.6) is 5.75 Å². The molecule has 3 aromatic rings. The maximum Gasteiger partial charge on any atom is 0.268 e. The monoisotopic (exact) mass is 387 g/mol. The van der Waals surface area contributed by atoms with Crippen molar-refractivity contribution in [3.05, 3.63) is 65.7 Å². The van der Waals surface area contributed by atoms with E-state index < -0.39 is 10.0 Å². The second kappa shape index (κ2) is 6.38. The number of para-hydroxylation sites is 2. The van der Waals surface area contributed by atoms with Gasteiger partial charge in [-0.3, -0.25) is 4.31 Å². The van der Waals surface area contributed by atoms with Crippen molar-refractivity contribution in [2.45, 2.75) is 18.7 Å². The van der Waals surface area contributed by atoms with Crippen LogP contribution in [0, 0.1) is 19.7 Å². The molecule has 0 bridgehead atoms. The van der Waals surface area contributed by atoms with E-state index in [0.29, 0.717) is 28.5 Å². The molecule has 0 saturated carbocycles. The molecule has 8 heteroatoms. The Morgan fingerprint density at radius 3 is 2.52 bits per heavy atom. The normalized spacial score (nSPS) is 14.0. The first-order valence-electron chi connectivity index (χ1n) is 8.46. The van der Waals surface area contributed by atoms with E-state index >= 15 is 0 Å². The van der Waals surface area contributed by atoms with Gasteiger partial charge in [0, 0.05) is 0 Å². The molecular formula is C19H18FN3O3S. The van der Waals surface area contributed by atoms with Gasteiger partial charge >= 0.3 is 0 Å². The first-order valence-corrected chi connectivity index (χ1v) is 9.90. The first kappa shape index (κ1) is 17.5. The van der Waals surface area contributed by atoms with E-state index in [1.165, 1.54) is 21.1 Å². The number of halogens is 1. The van der Waals surface area contributed by atoms with Crippen molar-refractivity contribution in [1.82, 2.24) is 9.78 Å². The number of benzene rings is 2. The minimum absolute atomic E-state index is 0.156. The second-order valence-corrected chi connectivity index (χ2v) is 8.08.